The summed E-state index contributed by atoms with van der Waals surface area (Å²) in [4.78, 5) is 0. The van der Waals surface area contributed by atoms with Crippen LogP contribution in [-0.4, -0.2) is 8.80 Å². The lowest BCUT2D eigenvalue weighted by Crippen LogP contribution is -2.03. The molecule has 9 aromatic rings. The van der Waals surface area contributed by atoms with Crippen molar-refractivity contribution >= 4 is 77.8 Å². The Balaban J connectivity index is 1.70. The maximum Gasteiger partial charge on any atom is 0.200 e. The number of aryl methyl sites for hydroxylation is 8. The Morgan fingerprint density at radius 1 is 0.318 bits per heavy atom. The number of hydrogen-bond acceptors (Lipinski definition) is 4. The van der Waals surface area contributed by atoms with E-state index in [1.165, 1.54) is 22.3 Å². The summed E-state index contributed by atoms with van der Waals surface area (Å²) in [6, 6.07) is 17.3. The van der Waals surface area contributed by atoms with Crippen LogP contribution < -0.4 is 0 Å². The summed E-state index contributed by atoms with van der Waals surface area (Å²) in [5.41, 5.74) is 20.4. The van der Waals surface area contributed by atoms with E-state index in [1.54, 1.807) is 0 Å². The van der Waals surface area contributed by atoms with Gasteiger partial charge in [-0.1, -0.05) is 0 Å². The van der Waals surface area contributed by atoms with Crippen molar-refractivity contribution in [3.63, 3.8) is 0 Å². The molecule has 9 rings (SSSR count). The van der Waals surface area contributed by atoms with Gasteiger partial charge in [0.1, 0.15) is 11.0 Å². The van der Waals surface area contributed by atoms with E-state index in [4.69, 9.17) is 17.7 Å². The predicted octanol–water partition coefficient (Wildman–Crippen LogP) is 11.1. The van der Waals surface area contributed by atoms with Gasteiger partial charge in [-0.25, -0.2) is 0 Å². The summed E-state index contributed by atoms with van der Waals surface area (Å²) >= 11 is 0. The molecule has 218 valence electrons. The first-order valence-electron chi connectivity index (χ1n) is 15.1. The Kier molecular flexibility index (Phi) is 4.79. The van der Waals surface area contributed by atoms with Crippen LogP contribution in [0.1, 0.15) is 44.5 Å². The monoisotopic (exact) mass is 580 g/mol. The lowest BCUT2D eigenvalue weighted by atomic mass is 10.1. The third-order valence-corrected chi connectivity index (χ3v) is 9.83. The normalized spacial score (nSPS) is 12.5. The maximum absolute atomic E-state index is 6.87. The number of rotatable bonds is 0. The summed E-state index contributed by atoms with van der Waals surface area (Å²) in [7, 11) is 0. The third-order valence-electron chi connectivity index (χ3n) is 9.83. The van der Waals surface area contributed by atoms with Crippen molar-refractivity contribution < 1.29 is 17.7 Å². The Hall–Kier alpha value is -5.10. The van der Waals surface area contributed by atoms with Gasteiger partial charge in [0.15, 0.2) is 44.7 Å². The molecule has 0 amide bonds. The molecular formula is C38H32N2O4. The fourth-order valence-electron chi connectivity index (χ4n) is 6.73. The van der Waals surface area contributed by atoms with Gasteiger partial charge in [-0.05, 0) is 148 Å². The zero-order valence-electron chi connectivity index (χ0n) is 26.1. The summed E-state index contributed by atoms with van der Waals surface area (Å²) in [6.07, 6.45) is 0. The van der Waals surface area contributed by atoms with E-state index in [9.17, 15) is 0 Å². The zero-order valence-corrected chi connectivity index (χ0v) is 26.1. The molecule has 0 spiro atoms. The van der Waals surface area contributed by atoms with Gasteiger partial charge in [0.25, 0.3) is 0 Å². The molecule has 0 saturated heterocycles. The van der Waals surface area contributed by atoms with E-state index in [-0.39, 0.29) is 0 Å². The molecular weight excluding hydrogens is 548 g/mol. The topological polar surface area (TPSA) is 61.4 Å². The summed E-state index contributed by atoms with van der Waals surface area (Å²) < 4.78 is 32.0. The molecule has 6 heteroatoms. The number of nitrogens with zero attached hydrogens (tertiary/aromatic N) is 2. The minimum absolute atomic E-state index is 0.614. The maximum atomic E-state index is 6.87. The molecule has 6 nitrogen and oxygen atoms in total. The Bertz CT molecular complexity index is 2420. The Labute approximate surface area is 252 Å². The van der Waals surface area contributed by atoms with Crippen molar-refractivity contribution in [2.24, 2.45) is 0 Å². The molecule has 0 aliphatic heterocycles. The van der Waals surface area contributed by atoms with Gasteiger partial charge in [0.2, 0.25) is 0 Å². The second kappa shape index (κ2) is 8.29. The highest BCUT2D eigenvalue weighted by Crippen LogP contribution is 2.44. The highest BCUT2D eigenvalue weighted by molar-refractivity contribution is 6.20. The molecule has 0 N–H and O–H groups in total. The van der Waals surface area contributed by atoms with Crippen LogP contribution >= 0.6 is 0 Å². The molecule has 44 heavy (non-hydrogen) atoms. The van der Waals surface area contributed by atoms with Gasteiger partial charge in [0.05, 0.1) is 22.1 Å². The molecule has 0 aliphatic carbocycles. The minimum Gasteiger partial charge on any atom is -0.449 e. The van der Waals surface area contributed by atoms with Gasteiger partial charge in [-0.2, -0.15) is 0 Å². The molecule has 0 unspecified atom stereocenters. The number of hydrogen-bond donors (Lipinski definition) is 0. The lowest BCUT2D eigenvalue weighted by molar-refractivity contribution is 0.596. The number of fused-ring (bicyclic) bond motifs is 10. The van der Waals surface area contributed by atoms with Gasteiger partial charge >= 0.3 is 0 Å². The summed E-state index contributed by atoms with van der Waals surface area (Å²) in [5.74, 6) is 0. The van der Waals surface area contributed by atoms with Crippen LogP contribution in [0.4, 0.5) is 0 Å². The molecule has 0 atom stereocenters. The van der Waals surface area contributed by atoms with Crippen LogP contribution in [0, 0.1) is 55.4 Å². The average molecular weight is 581 g/mol. The fourth-order valence-corrected chi connectivity index (χ4v) is 6.73. The van der Waals surface area contributed by atoms with E-state index >= 15 is 0 Å². The molecule has 0 aliphatic rings. The van der Waals surface area contributed by atoms with Crippen molar-refractivity contribution in [2.75, 3.05) is 0 Å². The zero-order chi connectivity index (χ0) is 30.3. The SMILES string of the molecule is Cc1cc2oc3c4oc5cc(C)c(C)cc5n5c6cc(C)c(C)cc6oc(c6oc7cc(C)c(C)cc7n(c2cc1C)c36)c45. The average Bonchev–Trinajstić information content (AvgIpc) is 2.98. The van der Waals surface area contributed by atoms with Crippen LogP contribution in [0.25, 0.3) is 77.8 Å². The molecule has 4 aromatic heterocycles. The predicted molar refractivity (Wildman–Crippen MR) is 178 cm³/mol. The summed E-state index contributed by atoms with van der Waals surface area (Å²) in [5, 5.41) is 0. The van der Waals surface area contributed by atoms with Gasteiger partial charge in [-0.15, -0.1) is 0 Å². The minimum atomic E-state index is 0.614. The smallest absolute Gasteiger partial charge is 0.200 e. The molecule has 5 aromatic carbocycles. The quantitative estimate of drug-likeness (QED) is 0.132. The van der Waals surface area contributed by atoms with Crippen molar-refractivity contribution in [3.8, 4) is 0 Å². The second-order valence-corrected chi connectivity index (χ2v) is 12.7. The standard InChI is InChI=1S/C38H32N2O4/c1-17-9-25-29(13-21(17)5)41-35-33-36(42-30-14-22(6)18(2)10-26(30)39(25)33)38-34-37(35)43-31-15-23(7)19(3)11-27(31)40(34)28-12-20(4)24(8)16-32(28)44-38/h9-16H,1-8H3. The molecule has 0 saturated carbocycles. The van der Waals surface area contributed by atoms with Crippen LogP contribution in [0.3, 0.4) is 0 Å². The highest BCUT2D eigenvalue weighted by Gasteiger charge is 2.27. The Morgan fingerprint density at radius 2 is 0.523 bits per heavy atom. The largest absolute Gasteiger partial charge is 0.449 e. The molecule has 0 fully saturated rings. The van der Waals surface area contributed by atoms with Crippen LogP contribution in [0.5, 0.6) is 0 Å². The first-order valence-corrected chi connectivity index (χ1v) is 15.1. The van der Waals surface area contributed by atoms with Crippen LogP contribution in [0.15, 0.2) is 66.2 Å². The van der Waals surface area contributed by atoms with Crippen molar-refractivity contribution in [1.82, 2.24) is 8.80 Å². The van der Waals surface area contributed by atoms with Crippen LogP contribution in [-0.2, 0) is 0 Å². The molecule has 4 heterocycles. The second-order valence-electron chi connectivity index (χ2n) is 12.7. The number of aromatic nitrogens is 2. The Morgan fingerprint density at radius 3 is 0.750 bits per heavy atom. The van der Waals surface area contributed by atoms with Crippen molar-refractivity contribution in [3.05, 3.63) is 93.0 Å². The van der Waals surface area contributed by atoms with Gasteiger partial charge in [-0.3, -0.25) is 8.80 Å². The first-order chi connectivity index (χ1) is 21.1. The highest BCUT2D eigenvalue weighted by atomic mass is 16.4. The first kappa shape index (κ1) is 25.4. The summed E-state index contributed by atoms with van der Waals surface area (Å²) in [6.45, 7) is 17.0. The van der Waals surface area contributed by atoms with E-state index in [0.717, 1.165) is 77.7 Å². The van der Waals surface area contributed by atoms with E-state index in [1.807, 2.05) is 0 Å². The van der Waals surface area contributed by atoms with Crippen molar-refractivity contribution in [2.45, 2.75) is 55.4 Å². The lowest BCUT2D eigenvalue weighted by Gasteiger charge is -2.20. The van der Waals surface area contributed by atoms with E-state index < -0.39 is 0 Å². The number of benzene rings is 5. The third kappa shape index (κ3) is 3.15. The van der Waals surface area contributed by atoms with E-state index in [2.05, 4.69) is 113 Å². The van der Waals surface area contributed by atoms with Crippen molar-refractivity contribution in [1.29, 1.82) is 0 Å². The molecule has 0 radical (unpaired) electrons. The van der Waals surface area contributed by atoms with E-state index in [0.29, 0.717) is 22.3 Å². The molecule has 0 bridgehead atoms. The van der Waals surface area contributed by atoms with Gasteiger partial charge in [0, 0.05) is 0 Å². The fraction of sp³-hybridized carbons (Fsp3) is 0.211. The van der Waals surface area contributed by atoms with Crippen LogP contribution in [0.2, 0.25) is 0 Å². The van der Waals surface area contributed by atoms with Gasteiger partial charge < -0.3 is 17.7 Å².